The molecule has 0 radical (unpaired) electrons. The van der Waals surface area contributed by atoms with Gasteiger partial charge in [0, 0.05) is 72.0 Å². The van der Waals surface area contributed by atoms with Crippen molar-refractivity contribution in [2.24, 2.45) is 5.92 Å². The van der Waals surface area contributed by atoms with Crippen molar-refractivity contribution in [2.45, 2.75) is 50.7 Å². The van der Waals surface area contributed by atoms with E-state index >= 15 is 0 Å². The Morgan fingerprint density at radius 3 is 2.50 bits per heavy atom. The maximum Gasteiger partial charge on any atom is 0.213 e. The molecule has 2 aliphatic heterocycles. The standard InChI is InChI=1S/C24H29N5O/c1-15-9-19(10-15)29-17-3-4-18(29)14-28(13-17)22-6-8-26-24-20(22)12-21(27-24)16-5-7-25-23(11-16)30-2/h5-8,11-12,15,17-19H,3-4,9-10,13-14H2,1-2H3,(H,26,27). The van der Waals surface area contributed by atoms with Crippen LogP contribution in [0.2, 0.25) is 0 Å². The highest BCUT2D eigenvalue weighted by atomic mass is 16.5. The van der Waals surface area contributed by atoms with Crippen molar-refractivity contribution in [1.29, 1.82) is 0 Å². The Bertz CT molecular complexity index is 1060. The van der Waals surface area contributed by atoms with E-state index in [4.69, 9.17) is 4.74 Å². The highest BCUT2D eigenvalue weighted by Gasteiger charge is 2.46. The largest absolute Gasteiger partial charge is 0.481 e. The van der Waals surface area contributed by atoms with Crippen molar-refractivity contribution >= 4 is 16.7 Å². The van der Waals surface area contributed by atoms with Gasteiger partial charge in [0.15, 0.2) is 0 Å². The highest BCUT2D eigenvalue weighted by molar-refractivity contribution is 5.94. The van der Waals surface area contributed by atoms with Gasteiger partial charge in [0.1, 0.15) is 5.65 Å². The molecular formula is C24H29N5O. The van der Waals surface area contributed by atoms with E-state index in [0.717, 1.165) is 42.0 Å². The third-order valence-electron chi connectivity index (χ3n) is 7.41. The predicted octanol–water partition coefficient (Wildman–Crippen LogP) is 4.09. The number of aromatic nitrogens is 3. The molecule has 1 aliphatic carbocycles. The number of hydrogen-bond donors (Lipinski definition) is 1. The molecule has 2 atom stereocenters. The van der Waals surface area contributed by atoms with E-state index in [1.165, 1.54) is 36.8 Å². The van der Waals surface area contributed by atoms with Gasteiger partial charge in [0.05, 0.1) is 7.11 Å². The number of anilines is 1. The molecule has 1 N–H and O–H groups in total. The predicted molar refractivity (Wildman–Crippen MR) is 119 cm³/mol. The molecule has 6 rings (SSSR count). The molecule has 3 aromatic rings. The summed E-state index contributed by atoms with van der Waals surface area (Å²) in [6, 6.07) is 10.6. The van der Waals surface area contributed by atoms with Crippen molar-refractivity contribution in [3.05, 3.63) is 36.7 Å². The Morgan fingerprint density at radius 1 is 1.00 bits per heavy atom. The fourth-order valence-electron chi connectivity index (χ4n) is 5.96. The highest BCUT2D eigenvalue weighted by Crippen LogP contribution is 2.42. The summed E-state index contributed by atoms with van der Waals surface area (Å²) in [7, 11) is 1.65. The van der Waals surface area contributed by atoms with Gasteiger partial charge in [0.2, 0.25) is 5.88 Å². The van der Waals surface area contributed by atoms with Gasteiger partial charge in [0.25, 0.3) is 0 Å². The summed E-state index contributed by atoms with van der Waals surface area (Å²) < 4.78 is 5.30. The van der Waals surface area contributed by atoms with Gasteiger partial charge in [-0.1, -0.05) is 6.92 Å². The van der Waals surface area contributed by atoms with Crippen LogP contribution in [0.3, 0.4) is 0 Å². The minimum atomic E-state index is 0.623. The Balaban J connectivity index is 1.31. The van der Waals surface area contributed by atoms with Gasteiger partial charge in [-0.2, -0.15) is 0 Å². The van der Waals surface area contributed by atoms with E-state index in [1.807, 2.05) is 18.3 Å². The fourth-order valence-corrected chi connectivity index (χ4v) is 5.96. The second-order valence-electron chi connectivity index (χ2n) is 9.33. The summed E-state index contributed by atoms with van der Waals surface area (Å²) in [6.45, 7) is 4.65. The summed E-state index contributed by atoms with van der Waals surface area (Å²) >= 11 is 0. The number of H-pyrrole nitrogens is 1. The minimum absolute atomic E-state index is 0.623. The third-order valence-corrected chi connectivity index (χ3v) is 7.41. The average Bonchev–Trinajstić information content (AvgIpc) is 3.29. The van der Waals surface area contributed by atoms with Gasteiger partial charge in [-0.05, 0) is 49.8 Å². The molecule has 2 bridgehead atoms. The van der Waals surface area contributed by atoms with Crippen molar-refractivity contribution in [3.63, 3.8) is 0 Å². The van der Waals surface area contributed by atoms with Crippen molar-refractivity contribution in [2.75, 3.05) is 25.1 Å². The fraction of sp³-hybridized carbons (Fsp3) is 0.500. The number of pyridine rings is 2. The van der Waals surface area contributed by atoms with E-state index in [0.29, 0.717) is 18.0 Å². The summed E-state index contributed by atoms with van der Waals surface area (Å²) in [6.07, 6.45) is 9.19. The lowest BCUT2D eigenvalue weighted by atomic mass is 9.80. The molecule has 1 saturated carbocycles. The summed E-state index contributed by atoms with van der Waals surface area (Å²) in [5, 5.41) is 1.20. The smallest absolute Gasteiger partial charge is 0.213 e. The number of piperazine rings is 1. The molecule has 6 heteroatoms. The van der Waals surface area contributed by atoms with E-state index in [1.54, 1.807) is 13.3 Å². The van der Waals surface area contributed by atoms with Gasteiger partial charge >= 0.3 is 0 Å². The Kier molecular flexibility index (Phi) is 4.23. The van der Waals surface area contributed by atoms with Gasteiger partial charge in [-0.3, -0.25) is 4.90 Å². The van der Waals surface area contributed by atoms with Crippen molar-refractivity contribution in [1.82, 2.24) is 19.9 Å². The zero-order chi connectivity index (χ0) is 20.2. The molecule has 6 nitrogen and oxygen atoms in total. The van der Waals surface area contributed by atoms with Crippen LogP contribution in [0.5, 0.6) is 5.88 Å². The van der Waals surface area contributed by atoms with Crippen LogP contribution in [0.1, 0.15) is 32.6 Å². The molecular weight excluding hydrogens is 374 g/mol. The number of fused-ring (bicyclic) bond motifs is 3. The Hall–Kier alpha value is -2.60. The lowest BCUT2D eigenvalue weighted by Gasteiger charge is -2.50. The Morgan fingerprint density at radius 2 is 1.77 bits per heavy atom. The molecule has 3 fully saturated rings. The molecule has 2 saturated heterocycles. The van der Waals surface area contributed by atoms with E-state index in [9.17, 15) is 0 Å². The lowest BCUT2D eigenvalue weighted by molar-refractivity contribution is 0.0341. The second kappa shape index (κ2) is 6.98. The van der Waals surface area contributed by atoms with Gasteiger partial charge in [-0.25, -0.2) is 9.97 Å². The monoisotopic (exact) mass is 403 g/mol. The number of ether oxygens (including phenoxy) is 1. The molecule has 3 aromatic heterocycles. The molecule has 0 spiro atoms. The van der Waals surface area contributed by atoms with Crippen LogP contribution >= 0.6 is 0 Å². The number of methoxy groups -OCH3 is 1. The van der Waals surface area contributed by atoms with Crippen LogP contribution < -0.4 is 9.64 Å². The number of rotatable bonds is 4. The zero-order valence-electron chi connectivity index (χ0n) is 17.7. The van der Waals surface area contributed by atoms with E-state index < -0.39 is 0 Å². The lowest BCUT2D eigenvalue weighted by Crippen LogP contribution is -2.59. The summed E-state index contributed by atoms with van der Waals surface area (Å²) in [4.78, 5) is 17.8. The zero-order valence-corrected chi connectivity index (χ0v) is 17.7. The van der Waals surface area contributed by atoms with Gasteiger partial charge in [-0.15, -0.1) is 0 Å². The maximum absolute atomic E-state index is 5.30. The first-order valence-electron chi connectivity index (χ1n) is 11.2. The van der Waals surface area contributed by atoms with Crippen molar-refractivity contribution in [3.8, 4) is 17.1 Å². The van der Waals surface area contributed by atoms with Crippen LogP contribution in [-0.4, -0.2) is 58.2 Å². The summed E-state index contributed by atoms with van der Waals surface area (Å²) in [5.74, 6) is 1.54. The molecule has 0 amide bonds. The second-order valence-corrected chi connectivity index (χ2v) is 9.33. The third kappa shape index (κ3) is 2.88. The number of aromatic amines is 1. The first kappa shape index (κ1) is 18.2. The van der Waals surface area contributed by atoms with Gasteiger partial charge < -0.3 is 14.6 Å². The number of hydrogen-bond acceptors (Lipinski definition) is 5. The number of nitrogens with zero attached hydrogens (tertiary/aromatic N) is 4. The molecule has 3 aliphatic rings. The van der Waals surface area contributed by atoms with Crippen LogP contribution in [0.4, 0.5) is 5.69 Å². The van der Waals surface area contributed by atoms with Crippen molar-refractivity contribution < 1.29 is 4.74 Å². The quantitative estimate of drug-likeness (QED) is 0.711. The van der Waals surface area contributed by atoms with Crippen LogP contribution in [0.15, 0.2) is 36.7 Å². The Labute approximate surface area is 177 Å². The van der Waals surface area contributed by atoms with Crippen LogP contribution in [0.25, 0.3) is 22.3 Å². The molecule has 2 unspecified atom stereocenters. The maximum atomic E-state index is 5.30. The molecule has 0 aromatic carbocycles. The first-order chi connectivity index (χ1) is 14.7. The minimum Gasteiger partial charge on any atom is -0.481 e. The number of nitrogens with one attached hydrogen (secondary N) is 1. The topological polar surface area (TPSA) is 57.3 Å². The average molecular weight is 404 g/mol. The molecule has 30 heavy (non-hydrogen) atoms. The van der Waals surface area contributed by atoms with E-state index in [2.05, 4.69) is 43.8 Å². The van der Waals surface area contributed by atoms with Crippen LogP contribution in [0, 0.1) is 5.92 Å². The summed E-state index contributed by atoms with van der Waals surface area (Å²) in [5.41, 5.74) is 4.37. The SMILES string of the molecule is COc1cc(-c2cc3c(N4CC5CCC(C4)N5C4CC(C)C4)ccnc3[nH]2)ccn1. The molecule has 156 valence electrons. The normalized spacial score (nSPS) is 28.7. The van der Waals surface area contributed by atoms with Crippen LogP contribution in [-0.2, 0) is 0 Å². The van der Waals surface area contributed by atoms with E-state index in [-0.39, 0.29) is 0 Å². The first-order valence-corrected chi connectivity index (χ1v) is 11.2. The molecule has 5 heterocycles.